The average molecular weight is 454 g/mol. The molecular weight excluding hydrogens is 428 g/mol. The molecule has 0 amide bonds. The van der Waals surface area contributed by atoms with Crippen LogP contribution < -0.4 is 0 Å². The molecule has 2 aromatic rings. The topological polar surface area (TPSA) is 20.2 Å². The molecule has 24 heavy (non-hydrogen) atoms. The molecule has 0 aliphatic rings. The molecule has 0 aromatic heterocycles. The first kappa shape index (κ1) is 19.7. The summed E-state index contributed by atoms with van der Waals surface area (Å²) in [5.41, 5.74) is 0.295. The Labute approximate surface area is 162 Å². The lowest BCUT2D eigenvalue weighted by Crippen LogP contribution is -2.29. The monoisotopic (exact) mass is 452 g/mol. The molecule has 0 saturated heterocycles. The van der Waals surface area contributed by atoms with Gasteiger partial charge in [-0.25, -0.2) is 0 Å². The minimum atomic E-state index is -0.795. The fourth-order valence-corrected chi connectivity index (χ4v) is 4.18. The second-order valence-electron chi connectivity index (χ2n) is 6.43. The van der Waals surface area contributed by atoms with E-state index in [0.717, 1.165) is 53.1 Å². The van der Waals surface area contributed by atoms with Crippen LogP contribution in [-0.2, 0) is 0 Å². The standard InChI is InChI=1S/C21H26Br2O/c1-3-5-13-21(24,14-6-4-2)20(23)19(22)18-12-11-16-9-7-8-10-17(16)15-18/h7-12,15,24H,3-6,13-14H2,1-2H3/b20-19+. The molecule has 3 heteroatoms. The minimum Gasteiger partial charge on any atom is -0.385 e. The highest BCUT2D eigenvalue weighted by Gasteiger charge is 2.31. The van der Waals surface area contributed by atoms with Gasteiger partial charge in [-0.1, -0.05) is 91.9 Å². The SMILES string of the molecule is CCCCC(O)(CCCC)/C(Br)=C(\Br)c1ccc2ccccc2c1. The van der Waals surface area contributed by atoms with Crippen molar-refractivity contribution in [2.45, 2.75) is 58.0 Å². The van der Waals surface area contributed by atoms with Crippen molar-refractivity contribution < 1.29 is 5.11 Å². The lowest BCUT2D eigenvalue weighted by molar-refractivity contribution is 0.0651. The molecule has 0 saturated carbocycles. The van der Waals surface area contributed by atoms with Gasteiger partial charge in [-0.2, -0.15) is 0 Å². The molecule has 0 unspecified atom stereocenters. The van der Waals surface area contributed by atoms with E-state index in [9.17, 15) is 5.11 Å². The first-order valence-corrected chi connectivity index (χ1v) is 10.4. The van der Waals surface area contributed by atoms with Gasteiger partial charge in [0.1, 0.15) is 0 Å². The Hall–Kier alpha value is -0.640. The molecule has 0 radical (unpaired) electrons. The quantitative estimate of drug-likeness (QED) is 0.441. The van der Waals surface area contributed by atoms with Crippen molar-refractivity contribution in [2.24, 2.45) is 0 Å². The molecule has 2 aromatic carbocycles. The predicted octanol–water partition coefficient (Wildman–Crippen LogP) is 7.41. The molecular formula is C21H26Br2O. The van der Waals surface area contributed by atoms with Crippen LogP contribution in [0.25, 0.3) is 15.3 Å². The van der Waals surface area contributed by atoms with Crippen LogP contribution in [0.2, 0.25) is 0 Å². The summed E-state index contributed by atoms with van der Waals surface area (Å²) in [7, 11) is 0. The summed E-state index contributed by atoms with van der Waals surface area (Å²) in [6.45, 7) is 4.33. The molecule has 0 fully saturated rings. The third kappa shape index (κ3) is 4.71. The summed E-state index contributed by atoms with van der Waals surface area (Å²) in [5.74, 6) is 0. The smallest absolute Gasteiger partial charge is 0.0972 e. The molecule has 0 spiro atoms. The van der Waals surface area contributed by atoms with Gasteiger partial charge in [0.25, 0.3) is 0 Å². The van der Waals surface area contributed by atoms with E-state index in [4.69, 9.17) is 0 Å². The predicted molar refractivity (Wildman–Crippen MR) is 113 cm³/mol. The number of benzene rings is 2. The number of aliphatic hydroxyl groups is 1. The van der Waals surface area contributed by atoms with Crippen molar-refractivity contribution in [2.75, 3.05) is 0 Å². The minimum absolute atomic E-state index is 0.784. The van der Waals surface area contributed by atoms with Gasteiger partial charge in [-0.3, -0.25) is 0 Å². The second-order valence-corrected chi connectivity index (χ2v) is 8.01. The Morgan fingerprint density at radius 1 is 0.917 bits per heavy atom. The highest BCUT2D eigenvalue weighted by atomic mass is 79.9. The zero-order valence-electron chi connectivity index (χ0n) is 14.5. The molecule has 130 valence electrons. The van der Waals surface area contributed by atoms with Crippen LogP contribution in [-0.4, -0.2) is 10.7 Å². The molecule has 0 aliphatic carbocycles. The summed E-state index contributed by atoms with van der Waals surface area (Å²) < 4.78 is 1.81. The number of unbranched alkanes of at least 4 members (excludes halogenated alkanes) is 2. The second kappa shape index (κ2) is 9.17. The number of hydrogen-bond donors (Lipinski definition) is 1. The van der Waals surface area contributed by atoms with Crippen molar-refractivity contribution >= 4 is 47.1 Å². The van der Waals surface area contributed by atoms with Crippen LogP contribution in [0, 0.1) is 0 Å². The third-order valence-electron chi connectivity index (χ3n) is 4.49. The van der Waals surface area contributed by atoms with Crippen molar-refractivity contribution in [3.05, 3.63) is 52.5 Å². The highest BCUT2D eigenvalue weighted by molar-refractivity contribution is 9.16. The number of halogens is 2. The van der Waals surface area contributed by atoms with E-state index in [1.54, 1.807) is 0 Å². The summed E-state index contributed by atoms with van der Waals surface area (Å²) >= 11 is 7.44. The zero-order valence-corrected chi connectivity index (χ0v) is 17.7. The maximum atomic E-state index is 11.3. The summed E-state index contributed by atoms with van der Waals surface area (Å²) in [5, 5.41) is 13.7. The number of rotatable bonds is 8. The third-order valence-corrected chi connectivity index (χ3v) is 7.01. The van der Waals surface area contributed by atoms with Crippen LogP contribution in [0.4, 0.5) is 0 Å². The molecule has 2 rings (SSSR count). The Bertz CT molecular complexity index is 698. The lowest BCUT2D eigenvalue weighted by atomic mass is 9.89. The van der Waals surface area contributed by atoms with Gasteiger partial charge in [0.15, 0.2) is 0 Å². The fourth-order valence-electron chi connectivity index (χ4n) is 2.94. The van der Waals surface area contributed by atoms with Crippen LogP contribution in [0.15, 0.2) is 46.9 Å². The van der Waals surface area contributed by atoms with Gasteiger partial charge in [0.2, 0.25) is 0 Å². The summed E-state index contributed by atoms with van der Waals surface area (Å²) in [6.07, 6.45) is 5.78. The van der Waals surface area contributed by atoms with Gasteiger partial charge >= 0.3 is 0 Å². The normalized spacial score (nSPS) is 13.2. The Morgan fingerprint density at radius 3 is 2.08 bits per heavy atom. The van der Waals surface area contributed by atoms with Gasteiger partial charge in [-0.05, 0) is 51.2 Å². The van der Waals surface area contributed by atoms with Gasteiger partial charge in [-0.15, -0.1) is 0 Å². The highest BCUT2D eigenvalue weighted by Crippen LogP contribution is 2.41. The molecule has 1 nitrogen and oxygen atoms in total. The van der Waals surface area contributed by atoms with Gasteiger partial charge < -0.3 is 5.11 Å². The van der Waals surface area contributed by atoms with Crippen LogP contribution in [0.1, 0.15) is 57.9 Å². The molecule has 0 aliphatic heterocycles. The van der Waals surface area contributed by atoms with Gasteiger partial charge in [0, 0.05) is 8.96 Å². The first-order valence-electron chi connectivity index (χ1n) is 8.79. The average Bonchev–Trinajstić information content (AvgIpc) is 2.63. The van der Waals surface area contributed by atoms with E-state index in [1.165, 1.54) is 10.8 Å². The van der Waals surface area contributed by atoms with E-state index >= 15 is 0 Å². The maximum Gasteiger partial charge on any atom is 0.0972 e. The lowest BCUT2D eigenvalue weighted by Gasteiger charge is -2.29. The largest absolute Gasteiger partial charge is 0.385 e. The summed E-state index contributed by atoms with van der Waals surface area (Å²) in [4.78, 5) is 0. The van der Waals surface area contributed by atoms with Crippen molar-refractivity contribution in [3.8, 4) is 0 Å². The molecule has 0 atom stereocenters. The van der Waals surface area contributed by atoms with Crippen molar-refractivity contribution in [1.29, 1.82) is 0 Å². The van der Waals surface area contributed by atoms with Crippen molar-refractivity contribution in [1.82, 2.24) is 0 Å². The Kier molecular flexibility index (Phi) is 7.52. The molecule has 0 heterocycles. The van der Waals surface area contributed by atoms with Crippen LogP contribution in [0.5, 0.6) is 0 Å². The van der Waals surface area contributed by atoms with Gasteiger partial charge in [0.05, 0.1) is 5.60 Å². The zero-order chi connectivity index (χ0) is 17.6. The molecule has 0 bridgehead atoms. The number of fused-ring (bicyclic) bond motifs is 1. The fraction of sp³-hybridized carbons (Fsp3) is 0.429. The van der Waals surface area contributed by atoms with Crippen molar-refractivity contribution in [3.63, 3.8) is 0 Å². The maximum absolute atomic E-state index is 11.3. The summed E-state index contributed by atoms with van der Waals surface area (Å²) in [6, 6.07) is 14.7. The van der Waals surface area contributed by atoms with E-state index in [2.05, 4.69) is 88.2 Å². The van der Waals surface area contributed by atoms with E-state index in [1.807, 2.05) is 0 Å². The Balaban J connectivity index is 2.39. The Morgan fingerprint density at radius 2 is 1.50 bits per heavy atom. The van der Waals surface area contributed by atoms with Crippen LogP contribution >= 0.6 is 31.9 Å². The van der Waals surface area contributed by atoms with E-state index < -0.39 is 5.60 Å². The van der Waals surface area contributed by atoms with E-state index in [0.29, 0.717) is 0 Å². The van der Waals surface area contributed by atoms with Crippen LogP contribution in [0.3, 0.4) is 0 Å². The van der Waals surface area contributed by atoms with E-state index in [-0.39, 0.29) is 0 Å². The molecule has 1 N–H and O–H groups in total. The number of hydrogen-bond acceptors (Lipinski definition) is 1. The first-order chi connectivity index (χ1) is 11.5.